The van der Waals surface area contributed by atoms with Gasteiger partial charge in [-0.15, -0.1) is 6.42 Å². The molecule has 0 heterocycles. The van der Waals surface area contributed by atoms with E-state index in [2.05, 4.69) is 39.9 Å². The fraction of sp³-hybridized carbons (Fsp3) is 0.263. The molecule has 0 aliphatic carbocycles. The minimum Gasteiger partial charge on any atom is -0.490 e. The first-order valence-corrected chi connectivity index (χ1v) is 9.02. The number of halogens is 2. The van der Waals surface area contributed by atoms with Crippen molar-refractivity contribution in [2.75, 3.05) is 18.5 Å². The molecule has 0 atom stereocenters. The largest absolute Gasteiger partial charge is 0.490 e. The van der Waals surface area contributed by atoms with E-state index in [0.29, 0.717) is 29.7 Å². The van der Waals surface area contributed by atoms with Crippen molar-refractivity contribution in [3.05, 3.63) is 50.1 Å². The molecule has 0 aliphatic rings. The van der Waals surface area contributed by atoms with Crippen LogP contribution in [-0.2, 0) is 6.54 Å². The quantitative estimate of drug-likeness (QED) is 0.455. The lowest BCUT2D eigenvalue weighted by Gasteiger charge is -2.15. The van der Waals surface area contributed by atoms with Gasteiger partial charge in [0.2, 0.25) is 0 Å². The summed E-state index contributed by atoms with van der Waals surface area (Å²) < 4.78 is 12.3. The van der Waals surface area contributed by atoms with Crippen LogP contribution in [0.25, 0.3) is 0 Å². The summed E-state index contributed by atoms with van der Waals surface area (Å²) in [6.07, 6.45) is 5.28. The van der Waals surface area contributed by atoms with Gasteiger partial charge in [0.15, 0.2) is 11.5 Å². The fourth-order valence-corrected chi connectivity index (χ4v) is 3.22. The van der Waals surface area contributed by atoms with Crippen molar-refractivity contribution >= 4 is 39.9 Å². The van der Waals surface area contributed by atoms with Gasteiger partial charge < -0.3 is 14.8 Å². The Bertz CT molecular complexity index is 756. The zero-order chi connectivity index (χ0) is 17.5. The van der Waals surface area contributed by atoms with Crippen molar-refractivity contribution in [1.29, 1.82) is 0 Å². The number of anilines is 1. The molecule has 0 fully saturated rings. The lowest BCUT2D eigenvalue weighted by atomic mass is 10.1. The lowest BCUT2D eigenvalue weighted by molar-refractivity contribution is 0.297. The van der Waals surface area contributed by atoms with Crippen LogP contribution in [0.4, 0.5) is 5.69 Å². The van der Waals surface area contributed by atoms with E-state index in [9.17, 15) is 0 Å². The SMILES string of the molecule is C#CCOc1c(I)cc(CNc2cc(Cl)ccc2C)cc1OCC. The summed E-state index contributed by atoms with van der Waals surface area (Å²) in [4.78, 5) is 0. The maximum atomic E-state index is 6.07. The third-order valence-corrected chi connectivity index (χ3v) is 4.39. The molecule has 2 aromatic carbocycles. The fourth-order valence-electron chi connectivity index (χ4n) is 2.22. The van der Waals surface area contributed by atoms with Gasteiger partial charge >= 0.3 is 0 Å². The van der Waals surface area contributed by atoms with Gasteiger partial charge in [-0.25, -0.2) is 0 Å². The van der Waals surface area contributed by atoms with Gasteiger partial charge in [0.1, 0.15) is 6.61 Å². The molecular formula is C19H19ClINO2. The van der Waals surface area contributed by atoms with Gasteiger partial charge in [-0.05, 0) is 71.8 Å². The van der Waals surface area contributed by atoms with E-state index in [1.165, 1.54) is 0 Å². The molecule has 0 aliphatic heterocycles. The summed E-state index contributed by atoms with van der Waals surface area (Å²) in [5.74, 6) is 3.88. The third kappa shape index (κ3) is 4.96. The highest BCUT2D eigenvalue weighted by Crippen LogP contribution is 2.34. The van der Waals surface area contributed by atoms with Crippen LogP contribution in [0.5, 0.6) is 11.5 Å². The van der Waals surface area contributed by atoms with Crippen LogP contribution < -0.4 is 14.8 Å². The first-order valence-electron chi connectivity index (χ1n) is 7.56. The molecule has 0 amide bonds. The molecule has 2 rings (SSSR count). The smallest absolute Gasteiger partial charge is 0.175 e. The second-order valence-corrected chi connectivity index (χ2v) is 6.74. The Morgan fingerprint density at radius 2 is 2.04 bits per heavy atom. The number of nitrogens with one attached hydrogen (secondary N) is 1. The first-order chi connectivity index (χ1) is 11.5. The van der Waals surface area contributed by atoms with Gasteiger partial charge in [-0.3, -0.25) is 0 Å². The molecular weight excluding hydrogens is 437 g/mol. The Morgan fingerprint density at radius 3 is 2.75 bits per heavy atom. The summed E-state index contributed by atoms with van der Waals surface area (Å²) in [7, 11) is 0. The van der Waals surface area contributed by atoms with E-state index < -0.39 is 0 Å². The number of terminal acetylenes is 1. The molecule has 0 saturated heterocycles. The van der Waals surface area contributed by atoms with Crippen molar-refractivity contribution in [1.82, 2.24) is 0 Å². The van der Waals surface area contributed by atoms with E-state index in [4.69, 9.17) is 27.5 Å². The minimum absolute atomic E-state index is 0.218. The number of aryl methyl sites for hydroxylation is 1. The van der Waals surface area contributed by atoms with Crippen LogP contribution in [0, 0.1) is 22.8 Å². The van der Waals surface area contributed by atoms with Crippen molar-refractivity contribution < 1.29 is 9.47 Å². The van der Waals surface area contributed by atoms with Gasteiger partial charge in [-0.1, -0.05) is 23.6 Å². The van der Waals surface area contributed by atoms with E-state index in [1.54, 1.807) is 0 Å². The van der Waals surface area contributed by atoms with Crippen molar-refractivity contribution in [3.8, 4) is 23.8 Å². The summed E-state index contributed by atoms with van der Waals surface area (Å²) >= 11 is 8.30. The highest BCUT2D eigenvalue weighted by Gasteiger charge is 2.12. The number of benzene rings is 2. The normalized spacial score (nSPS) is 10.1. The average Bonchev–Trinajstić information content (AvgIpc) is 2.55. The number of ether oxygens (including phenoxy) is 2. The maximum absolute atomic E-state index is 6.07. The summed E-state index contributed by atoms with van der Waals surface area (Å²) in [6, 6.07) is 9.84. The molecule has 1 N–H and O–H groups in total. The van der Waals surface area contributed by atoms with E-state index in [-0.39, 0.29) is 6.61 Å². The maximum Gasteiger partial charge on any atom is 0.175 e. The molecule has 3 nitrogen and oxygen atoms in total. The van der Waals surface area contributed by atoms with Crippen LogP contribution in [-0.4, -0.2) is 13.2 Å². The Morgan fingerprint density at radius 1 is 1.25 bits per heavy atom. The van der Waals surface area contributed by atoms with Crippen LogP contribution in [0.3, 0.4) is 0 Å². The zero-order valence-corrected chi connectivity index (χ0v) is 16.6. The predicted molar refractivity (Wildman–Crippen MR) is 108 cm³/mol. The molecule has 0 spiro atoms. The minimum atomic E-state index is 0.218. The molecule has 24 heavy (non-hydrogen) atoms. The lowest BCUT2D eigenvalue weighted by Crippen LogP contribution is -2.05. The number of hydrogen-bond donors (Lipinski definition) is 1. The van der Waals surface area contributed by atoms with E-state index in [0.717, 1.165) is 20.4 Å². The Balaban J connectivity index is 2.21. The summed E-state index contributed by atoms with van der Waals surface area (Å²) in [5, 5.41) is 4.13. The van der Waals surface area contributed by atoms with Crippen LogP contribution in [0.15, 0.2) is 30.3 Å². The van der Waals surface area contributed by atoms with Crippen LogP contribution in [0.2, 0.25) is 5.02 Å². The molecule has 0 unspecified atom stereocenters. The molecule has 2 aromatic rings. The summed E-state index contributed by atoms with van der Waals surface area (Å²) in [6.45, 7) is 5.43. The highest BCUT2D eigenvalue weighted by atomic mass is 127. The second kappa shape index (κ2) is 9.05. The number of hydrogen-bond acceptors (Lipinski definition) is 3. The van der Waals surface area contributed by atoms with Crippen molar-refractivity contribution in [2.45, 2.75) is 20.4 Å². The molecule has 126 valence electrons. The van der Waals surface area contributed by atoms with Crippen LogP contribution >= 0.6 is 34.2 Å². The Labute approximate surface area is 161 Å². The third-order valence-electron chi connectivity index (χ3n) is 3.35. The van der Waals surface area contributed by atoms with E-state index >= 15 is 0 Å². The second-order valence-electron chi connectivity index (χ2n) is 5.14. The van der Waals surface area contributed by atoms with Crippen LogP contribution in [0.1, 0.15) is 18.1 Å². The first kappa shape index (κ1) is 18.8. The summed E-state index contributed by atoms with van der Waals surface area (Å²) in [5.41, 5.74) is 3.26. The van der Waals surface area contributed by atoms with Crippen molar-refractivity contribution in [2.24, 2.45) is 0 Å². The topological polar surface area (TPSA) is 30.5 Å². The Hall–Kier alpha value is -1.58. The molecule has 0 radical (unpaired) electrons. The number of rotatable bonds is 7. The van der Waals surface area contributed by atoms with Gasteiger partial charge in [-0.2, -0.15) is 0 Å². The molecule has 0 aromatic heterocycles. The molecule has 5 heteroatoms. The van der Waals surface area contributed by atoms with Gasteiger partial charge in [0.05, 0.1) is 10.2 Å². The van der Waals surface area contributed by atoms with Gasteiger partial charge in [0, 0.05) is 17.3 Å². The molecule has 0 bridgehead atoms. The van der Waals surface area contributed by atoms with Crippen molar-refractivity contribution in [3.63, 3.8) is 0 Å². The predicted octanol–water partition coefficient (Wildman–Crippen LogP) is 5.28. The van der Waals surface area contributed by atoms with Gasteiger partial charge in [0.25, 0.3) is 0 Å². The standard InChI is InChI=1S/C19H19ClINO2/c1-4-8-24-19-16(21)9-14(10-18(19)23-5-2)12-22-17-11-15(20)7-6-13(17)3/h1,6-7,9-11,22H,5,8,12H2,2-3H3. The molecule has 0 saturated carbocycles. The Kier molecular flexibility index (Phi) is 7.07. The van der Waals surface area contributed by atoms with E-state index in [1.807, 2.05) is 38.1 Å². The highest BCUT2D eigenvalue weighted by molar-refractivity contribution is 14.1. The monoisotopic (exact) mass is 455 g/mol. The average molecular weight is 456 g/mol. The zero-order valence-electron chi connectivity index (χ0n) is 13.7.